The highest BCUT2D eigenvalue weighted by Crippen LogP contribution is 2.56. The quantitative estimate of drug-likeness (QED) is 0.203. The maximum atomic E-state index is 12.4. The molecule has 132 valence electrons. The Balaban J connectivity index is 1.90. The number of fused-ring (bicyclic) bond motifs is 1. The maximum Gasteiger partial charge on any atom is 0.382 e. The number of ether oxygens (including phenoxy) is 2. The van der Waals surface area contributed by atoms with Crippen LogP contribution in [-0.2, 0) is 36.4 Å². The number of halogens is 1. The second-order valence-corrected chi connectivity index (χ2v) is 8.89. The third kappa shape index (κ3) is 5.19. The molecule has 9 heteroatoms. The monoisotopic (exact) mass is 468 g/mol. The summed E-state index contributed by atoms with van der Waals surface area (Å²) in [5.74, 6) is 0.0979. The average molecular weight is 468 g/mol. The number of carbonyl (C=O) groups excluding carboxylic acids is 2. The van der Waals surface area contributed by atoms with Gasteiger partial charge in [-0.1, -0.05) is 19.9 Å². The number of hydrogen-bond donors (Lipinski definition) is 0. The lowest BCUT2D eigenvalue weighted by atomic mass is 10.1. The normalized spacial score (nSPS) is 19.3. The van der Waals surface area contributed by atoms with Gasteiger partial charge in [-0.25, -0.2) is 9.36 Å². The fourth-order valence-electron chi connectivity index (χ4n) is 2.03. The minimum Gasteiger partial charge on any atom is -0.428 e. The second-order valence-electron chi connectivity index (χ2n) is 5.46. The van der Waals surface area contributed by atoms with E-state index in [0.29, 0.717) is 12.2 Å². The van der Waals surface area contributed by atoms with Crippen LogP contribution in [0.2, 0.25) is 0 Å². The van der Waals surface area contributed by atoms with Crippen molar-refractivity contribution in [1.82, 2.24) is 0 Å². The van der Waals surface area contributed by atoms with Crippen LogP contribution >= 0.6 is 30.2 Å². The van der Waals surface area contributed by atoms with Crippen molar-refractivity contribution in [2.24, 2.45) is 0 Å². The summed E-state index contributed by atoms with van der Waals surface area (Å²) in [7, 11) is -3.10. The van der Waals surface area contributed by atoms with Gasteiger partial charge in [0, 0.05) is 12.0 Å². The molecule has 1 aliphatic rings. The predicted molar refractivity (Wildman–Crippen MR) is 94.4 cm³/mol. The first-order valence-electron chi connectivity index (χ1n) is 7.33. The Morgan fingerprint density at radius 3 is 2.75 bits per heavy atom. The van der Waals surface area contributed by atoms with Crippen LogP contribution in [-0.4, -0.2) is 22.4 Å². The lowest BCUT2D eigenvalue weighted by molar-refractivity contribution is -0.151. The van der Waals surface area contributed by atoms with E-state index in [9.17, 15) is 14.2 Å². The second kappa shape index (κ2) is 8.31. The zero-order valence-electron chi connectivity index (χ0n) is 13.3. The van der Waals surface area contributed by atoms with Gasteiger partial charge in [0.1, 0.15) is 5.75 Å². The van der Waals surface area contributed by atoms with Gasteiger partial charge < -0.3 is 14.0 Å². The Hall–Kier alpha value is -1.12. The molecule has 0 saturated carbocycles. The van der Waals surface area contributed by atoms with E-state index in [2.05, 4.69) is 4.74 Å². The van der Waals surface area contributed by atoms with Crippen LogP contribution in [0.5, 0.6) is 5.75 Å². The first kappa shape index (κ1) is 19.2. The van der Waals surface area contributed by atoms with Gasteiger partial charge in [0.2, 0.25) is 6.79 Å². The largest absolute Gasteiger partial charge is 0.428 e. The molecule has 1 aromatic rings. The minimum atomic E-state index is -3.10. The summed E-state index contributed by atoms with van der Waals surface area (Å²) in [5, 5.41) is 0. The van der Waals surface area contributed by atoms with Crippen LogP contribution in [0.4, 0.5) is 4.79 Å². The zero-order valence-corrected chi connectivity index (χ0v) is 16.4. The molecule has 0 fully saturated rings. The van der Waals surface area contributed by atoms with E-state index in [1.54, 1.807) is 19.9 Å². The lowest BCUT2D eigenvalue weighted by Gasteiger charge is -2.28. The van der Waals surface area contributed by atoms with Crippen LogP contribution in [0, 0.1) is 0 Å². The van der Waals surface area contributed by atoms with Crippen LogP contribution in [0.1, 0.15) is 31.4 Å². The van der Waals surface area contributed by atoms with Gasteiger partial charge in [0.15, 0.2) is 0 Å². The number of rotatable bonds is 6. The van der Waals surface area contributed by atoms with Gasteiger partial charge >= 0.3 is 17.5 Å². The predicted octanol–water partition coefficient (Wildman–Crippen LogP) is 4.20. The summed E-state index contributed by atoms with van der Waals surface area (Å²) in [6, 6.07) is 5.41. The highest BCUT2D eigenvalue weighted by Gasteiger charge is 2.35. The van der Waals surface area contributed by atoms with Crippen molar-refractivity contribution in [3.05, 3.63) is 29.3 Å². The van der Waals surface area contributed by atoms with Crippen LogP contribution in [0.3, 0.4) is 0 Å². The van der Waals surface area contributed by atoms with E-state index in [4.69, 9.17) is 13.8 Å². The molecule has 1 aromatic carbocycles. The SMILES string of the molecule is CC(C)P1(=O)OCc2cc(CCC(=O)OCOC(=O)I)ccc2O1. The Morgan fingerprint density at radius 2 is 2.08 bits per heavy atom. The van der Waals surface area contributed by atoms with Crippen molar-refractivity contribution in [3.63, 3.8) is 0 Å². The van der Waals surface area contributed by atoms with Crippen molar-refractivity contribution < 1.29 is 32.7 Å². The maximum absolute atomic E-state index is 12.4. The molecule has 7 nitrogen and oxygen atoms in total. The molecule has 0 aliphatic carbocycles. The first-order valence-corrected chi connectivity index (χ1v) is 10.0. The molecule has 0 spiro atoms. The molecule has 0 N–H and O–H groups in total. The Morgan fingerprint density at radius 1 is 1.33 bits per heavy atom. The van der Waals surface area contributed by atoms with Gasteiger partial charge in [-0.15, -0.1) is 0 Å². The molecule has 1 atom stereocenters. The minimum absolute atomic E-state index is 0.157. The number of hydrogen-bond acceptors (Lipinski definition) is 7. The number of benzene rings is 1. The summed E-state index contributed by atoms with van der Waals surface area (Å²) < 4.78 is 32.1. The number of aryl methyl sites for hydroxylation is 1. The van der Waals surface area contributed by atoms with Gasteiger partial charge in [0.25, 0.3) is 0 Å². The van der Waals surface area contributed by atoms with E-state index < -0.39 is 17.5 Å². The number of carbonyl (C=O) groups is 2. The molecule has 0 bridgehead atoms. The van der Waals surface area contributed by atoms with Crippen LogP contribution < -0.4 is 4.52 Å². The molecule has 0 aromatic heterocycles. The van der Waals surface area contributed by atoms with E-state index in [0.717, 1.165) is 11.1 Å². The number of esters is 1. The fourth-order valence-corrected chi connectivity index (χ4v) is 3.49. The molecular formula is C15H18IO7P. The molecule has 1 aliphatic heterocycles. The summed E-state index contributed by atoms with van der Waals surface area (Å²) in [6.07, 6.45) is 0.621. The van der Waals surface area contributed by atoms with Crippen molar-refractivity contribution in [1.29, 1.82) is 0 Å². The van der Waals surface area contributed by atoms with E-state index in [1.165, 1.54) is 22.6 Å². The molecular weight excluding hydrogens is 450 g/mol. The Bertz CT molecular complexity index is 674. The van der Waals surface area contributed by atoms with Crippen LogP contribution in [0.25, 0.3) is 0 Å². The summed E-state index contributed by atoms with van der Waals surface area (Å²) in [6.45, 7) is 3.42. The molecule has 0 radical (unpaired) electrons. The highest BCUT2D eigenvalue weighted by atomic mass is 127. The summed E-state index contributed by atoms with van der Waals surface area (Å²) in [5.41, 5.74) is 1.49. The smallest absolute Gasteiger partial charge is 0.382 e. The Labute approximate surface area is 153 Å². The zero-order chi connectivity index (χ0) is 17.7. The highest BCUT2D eigenvalue weighted by molar-refractivity contribution is 14.1. The third-order valence-corrected chi connectivity index (χ3v) is 5.91. The molecule has 0 saturated heterocycles. The van der Waals surface area contributed by atoms with E-state index >= 15 is 0 Å². The molecule has 0 amide bonds. The molecule has 2 rings (SSSR count). The Kier molecular flexibility index (Phi) is 6.65. The third-order valence-electron chi connectivity index (χ3n) is 3.39. The molecule has 1 unspecified atom stereocenters. The standard InChI is InChI=1S/C15H18IO7P/c1-10(2)24(19)22-8-12-7-11(3-5-13(12)23-24)4-6-14(17)20-9-21-15(16)18/h3,5,7,10H,4,6,8-9H2,1-2H3. The van der Waals surface area contributed by atoms with Gasteiger partial charge in [-0.05, 0) is 24.1 Å². The van der Waals surface area contributed by atoms with Crippen molar-refractivity contribution in [3.8, 4) is 5.75 Å². The van der Waals surface area contributed by atoms with Gasteiger partial charge in [-0.3, -0.25) is 9.32 Å². The lowest BCUT2D eigenvalue weighted by Crippen LogP contribution is -2.14. The van der Waals surface area contributed by atoms with Crippen molar-refractivity contribution in [2.75, 3.05) is 6.79 Å². The molecule has 1 heterocycles. The van der Waals surface area contributed by atoms with E-state index in [-0.39, 0.29) is 25.5 Å². The fraction of sp³-hybridized carbons (Fsp3) is 0.467. The topological polar surface area (TPSA) is 88.1 Å². The van der Waals surface area contributed by atoms with Crippen LogP contribution in [0.15, 0.2) is 18.2 Å². The van der Waals surface area contributed by atoms with Gasteiger partial charge in [0.05, 0.1) is 34.9 Å². The van der Waals surface area contributed by atoms with Crippen molar-refractivity contribution >= 4 is 40.1 Å². The molecule has 24 heavy (non-hydrogen) atoms. The van der Waals surface area contributed by atoms with E-state index in [1.807, 2.05) is 12.1 Å². The van der Waals surface area contributed by atoms with Gasteiger partial charge in [-0.2, -0.15) is 0 Å². The average Bonchev–Trinajstić information content (AvgIpc) is 2.52. The summed E-state index contributed by atoms with van der Waals surface area (Å²) >= 11 is 1.45. The first-order chi connectivity index (χ1) is 11.3. The summed E-state index contributed by atoms with van der Waals surface area (Å²) in [4.78, 5) is 22.1. The van der Waals surface area contributed by atoms with Crippen molar-refractivity contribution in [2.45, 2.75) is 39.0 Å².